The lowest BCUT2D eigenvalue weighted by atomic mass is 10.1. The van der Waals surface area contributed by atoms with Crippen molar-refractivity contribution in [2.45, 2.75) is 13.5 Å². The number of aromatic nitrogens is 2. The van der Waals surface area contributed by atoms with Crippen LogP contribution in [0.1, 0.15) is 17.3 Å². The van der Waals surface area contributed by atoms with Crippen LogP contribution in [0, 0.1) is 5.82 Å². The van der Waals surface area contributed by atoms with Gasteiger partial charge in [0.05, 0.1) is 16.9 Å². The van der Waals surface area contributed by atoms with Crippen LogP contribution in [-0.2, 0) is 11.3 Å². The third-order valence-electron chi connectivity index (χ3n) is 4.55. The van der Waals surface area contributed by atoms with Gasteiger partial charge in [-0.25, -0.2) is 9.07 Å². The number of carbonyl (C=O) groups excluding carboxylic acids is 2. The zero-order valence-corrected chi connectivity index (χ0v) is 16.5. The second-order valence-electron chi connectivity index (χ2n) is 6.36. The van der Waals surface area contributed by atoms with Gasteiger partial charge in [-0.1, -0.05) is 23.2 Å². The van der Waals surface area contributed by atoms with Crippen molar-refractivity contribution >= 4 is 40.6 Å². The number of ketones is 1. The monoisotopic (exact) mass is 426 g/mol. The standard InChI is InChI=1S/C18H17Cl2FN4O3/c1-11(26)12-2-3-15(14(21)8-12)23-4-6-24(7-5-23)16(27)10-25-18(28)17(20)13(19)9-22-25/h2-3,8-9H,4-7,10H2,1H3. The first-order valence-corrected chi connectivity index (χ1v) is 9.28. The lowest BCUT2D eigenvalue weighted by molar-refractivity contribution is -0.132. The Bertz CT molecular complexity index is 987. The first kappa shape index (κ1) is 20.3. The van der Waals surface area contributed by atoms with Gasteiger partial charge in [0.15, 0.2) is 5.78 Å². The second kappa shape index (κ2) is 8.28. The summed E-state index contributed by atoms with van der Waals surface area (Å²) >= 11 is 11.5. The average Bonchev–Trinajstić information content (AvgIpc) is 2.68. The third-order valence-corrected chi connectivity index (χ3v) is 5.30. The van der Waals surface area contributed by atoms with Crippen molar-refractivity contribution in [2.75, 3.05) is 31.1 Å². The molecule has 0 atom stereocenters. The highest BCUT2D eigenvalue weighted by Crippen LogP contribution is 2.22. The molecule has 2 aromatic rings. The quantitative estimate of drug-likeness (QED) is 0.700. The van der Waals surface area contributed by atoms with E-state index in [2.05, 4.69) is 5.10 Å². The molecule has 1 aliphatic rings. The fourth-order valence-corrected chi connectivity index (χ4v) is 3.24. The molecule has 1 aromatic carbocycles. The fraction of sp³-hybridized carbons (Fsp3) is 0.333. The number of hydrogen-bond donors (Lipinski definition) is 0. The predicted octanol–water partition coefficient (Wildman–Crippen LogP) is 2.24. The van der Waals surface area contributed by atoms with Crippen LogP contribution >= 0.6 is 23.2 Å². The number of Topliss-reactive ketones (excluding diaryl/α,β-unsaturated/α-hetero) is 1. The molecule has 3 rings (SSSR count). The van der Waals surface area contributed by atoms with Crippen LogP contribution in [0.25, 0.3) is 0 Å². The minimum absolute atomic E-state index is 0.0294. The fourth-order valence-electron chi connectivity index (χ4n) is 2.96. The molecular formula is C18H17Cl2FN4O3. The largest absolute Gasteiger partial charge is 0.366 e. The number of hydrogen-bond acceptors (Lipinski definition) is 5. The zero-order valence-electron chi connectivity index (χ0n) is 15.0. The molecule has 2 heterocycles. The van der Waals surface area contributed by atoms with Crippen molar-refractivity contribution in [3.05, 3.63) is 56.2 Å². The molecule has 0 spiro atoms. The number of anilines is 1. The van der Waals surface area contributed by atoms with Gasteiger partial charge in [0.25, 0.3) is 5.56 Å². The van der Waals surface area contributed by atoms with Gasteiger partial charge in [-0.15, -0.1) is 0 Å². The van der Waals surface area contributed by atoms with Crippen LogP contribution in [0.4, 0.5) is 10.1 Å². The number of piperazine rings is 1. The van der Waals surface area contributed by atoms with E-state index in [1.165, 1.54) is 19.2 Å². The van der Waals surface area contributed by atoms with Gasteiger partial charge in [0, 0.05) is 31.7 Å². The average molecular weight is 427 g/mol. The van der Waals surface area contributed by atoms with Crippen molar-refractivity contribution in [1.29, 1.82) is 0 Å². The first-order chi connectivity index (χ1) is 13.3. The molecule has 0 unspecified atom stereocenters. The van der Waals surface area contributed by atoms with Crippen LogP contribution in [-0.4, -0.2) is 52.5 Å². The molecule has 0 saturated carbocycles. The normalized spacial score (nSPS) is 14.3. The SMILES string of the molecule is CC(=O)c1ccc(N2CCN(C(=O)Cn3ncc(Cl)c(Cl)c3=O)CC2)c(F)c1. The van der Waals surface area contributed by atoms with Gasteiger partial charge in [0.1, 0.15) is 17.4 Å². The maximum atomic E-state index is 14.3. The van der Waals surface area contributed by atoms with E-state index in [1.807, 2.05) is 4.90 Å². The summed E-state index contributed by atoms with van der Waals surface area (Å²) in [5, 5.41) is 3.67. The lowest BCUT2D eigenvalue weighted by Crippen LogP contribution is -2.50. The van der Waals surface area contributed by atoms with Crippen molar-refractivity contribution in [3.8, 4) is 0 Å². The van der Waals surface area contributed by atoms with Crippen LogP contribution in [0.15, 0.2) is 29.2 Å². The van der Waals surface area contributed by atoms with E-state index in [4.69, 9.17) is 23.2 Å². The van der Waals surface area contributed by atoms with Crippen LogP contribution in [0.3, 0.4) is 0 Å². The summed E-state index contributed by atoms with van der Waals surface area (Å²) in [5.41, 5.74) is 0.0721. The highest BCUT2D eigenvalue weighted by atomic mass is 35.5. The third kappa shape index (κ3) is 4.18. The van der Waals surface area contributed by atoms with E-state index < -0.39 is 11.4 Å². The molecule has 7 nitrogen and oxygen atoms in total. The topological polar surface area (TPSA) is 75.5 Å². The van der Waals surface area contributed by atoms with Gasteiger partial charge < -0.3 is 9.80 Å². The predicted molar refractivity (Wildman–Crippen MR) is 104 cm³/mol. The molecule has 1 fully saturated rings. The molecular weight excluding hydrogens is 410 g/mol. The van der Waals surface area contributed by atoms with Crippen molar-refractivity contribution in [2.24, 2.45) is 0 Å². The Morgan fingerprint density at radius 1 is 1.18 bits per heavy atom. The van der Waals surface area contributed by atoms with E-state index in [0.29, 0.717) is 37.4 Å². The molecule has 0 aliphatic carbocycles. The highest BCUT2D eigenvalue weighted by Gasteiger charge is 2.24. The minimum atomic E-state index is -0.631. The Morgan fingerprint density at radius 3 is 2.46 bits per heavy atom. The molecule has 148 valence electrons. The highest BCUT2D eigenvalue weighted by molar-refractivity contribution is 6.41. The van der Waals surface area contributed by atoms with E-state index in [0.717, 1.165) is 4.68 Å². The maximum Gasteiger partial charge on any atom is 0.287 e. The van der Waals surface area contributed by atoms with Gasteiger partial charge in [-0.05, 0) is 25.1 Å². The molecule has 1 amide bonds. The Balaban J connectivity index is 1.64. The van der Waals surface area contributed by atoms with Crippen LogP contribution in [0.5, 0.6) is 0 Å². The summed E-state index contributed by atoms with van der Waals surface area (Å²) < 4.78 is 15.3. The summed E-state index contributed by atoms with van der Waals surface area (Å²) in [6.07, 6.45) is 1.21. The number of carbonyl (C=O) groups is 2. The van der Waals surface area contributed by atoms with Crippen LogP contribution in [0.2, 0.25) is 10.0 Å². The second-order valence-corrected chi connectivity index (χ2v) is 7.14. The minimum Gasteiger partial charge on any atom is -0.366 e. The molecule has 28 heavy (non-hydrogen) atoms. The number of benzene rings is 1. The number of halogens is 3. The molecule has 0 radical (unpaired) electrons. The lowest BCUT2D eigenvalue weighted by Gasteiger charge is -2.36. The van der Waals surface area contributed by atoms with Crippen molar-refractivity contribution in [3.63, 3.8) is 0 Å². The summed E-state index contributed by atoms with van der Waals surface area (Å²) in [4.78, 5) is 39.2. The molecule has 1 saturated heterocycles. The molecule has 1 aromatic heterocycles. The van der Waals surface area contributed by atoms with Crippen molar-refractivity contribution < 1.29 is 14.0 Å². The smallest absolute Gasteiger partial charge is 0.287 e. The molecule has 0 N–H and O–H groups in total. The van der Waals surface area contributed by atoms with E-state index in [-0.39, 0.29) is 28.3 Å². The molecule has 10 heteroatoms. The van der Waals surface area contributed by atoms with Gasteiger partial charge in [0.2, 0.25) is 5.91 Å². The van der Waals surface area contributed by atoms with Gasteiger partial charge in [-0.2, -0.15) is 5.10 Å². The summed E-state index contributed by atoms with van der Waals surface area (Å²) in [6, 6.07) is 4.38. The molecule has 1 aliphatic heterocycles. The van der Waals surface area contributed by atoms with E-state index in [1.54, 1.807) is 17.0 Å². The van der Waals surface area contributed by atoms with Gasteiger partial charge in [-0.3, -0.25) is 14.4 Å². The Morgan fingerprint density at radius 2 is 1.86 bits per heavy atom. The number of rotatable bonds is 4. The number of amides is 1. The number of nitrogens with zero attached hydrogens (tertiary/aromatic N) is 4. The van der Waals surface area contributed by atoms with E-state index >= 15 is 0 Å². The Kier molecular flexibility index (Phi) is 6.00. The molecule has 0 bridgehead atoms. The first-order valence-electron chi connectivity index (χ1n) is 8.52. The van der Waals surface area contributed by atoms with Crippen molar-refractivity contribution in [1.82, 2.24) is 14.7 Å². The summed E-state index contributed by atoms with van der Waals surface area (Å²) in [6.45, 7) is 2.70. The van der Waals surface area contributed by atoms with E-state index in [9.17, 15) is 18.8 Å². The van der Waals surface area contributed by atoms with Crippen LogP contribution < -0.4 is 10.5 Å². The Labute approximate surface area is 170 Å². The Hall–Kier alpha value is -2.45. The summed E-state index contributed by atoms with van der Waals surface area (Å²) in [7, 11) is 0. The summed E-state index contributed by atoms with van der Waals surface area (Å²) in [5.74, 6) is -0.967. The zero-order chi connectivity index (χ0) is 20.4. The maximum absolute atomic E-state index is 14.3. The van der Waals surface area contributed by atoms with Gasteiger partial charge >= 0.3 is 0 Å².